The Morgan fingerprint density at radius 3 is 2.75 bits per heavy atom. The highest BCUT2D eigenvalue weighted by Crippen LogP contribution is 2.33. The second-order valence-corrected chi connectivity index (χ2v) is 8.60. The molecule has 1 aromatic heterocycles. The molecule has 2 aromatic rings. The van der Waals surface area contributed by atoms with Gasteiger partial charge in [0.2, 0.25) is 5.91 Å². The predicted molar refractivity (Wildman–Crippen MR) is 111 cm³/mol. The second kappa shape index (κ2) is 8.01. The second-order valence-electron chi connectivity index (χ2n) is 7.62. The van der Waals surface area contributed by atoms with Crippen molar-refractivity contribution in [3.63, 3.8) is 0 Å². The summed E-state index contributed by atoms with van der Waals surface area (Å²) in [6.45, 7) is 2.98. The third-order valence-corrected chi connectivity index (χ3v) is 6.72. The number of benzene rings is 1. The number of hydrogen-bond donors (Lipinski definition) is 1. The number of nitrogens with one attached hydrogen (secondary N) is 1. The molecule has 2 fully saturated rings. The van der Waals surface area contributed by atoms with Crippen LogP contribution in [0.3, 0.4) is 0 Å². The quantitative estimate of drug-likeness (QED) is 0.812. The molecular formula is C21H26N4O2S. The van der Waals surface area contributed by atoms with Crippen molar-refractivity contribution in [3.05, 3.63) is 46.5 Å². The van der Waals surface area contributed by atoms with E-state index in [0.717, 1.165) is 18.4 Å². The van der Waals surface area contributed by atoms with Crippen LogP contribution in [0.1, 0.15) is 46.6 Å². The third-order valence-electron chi connectivity index (χ3n) is 5.54. The number of aromatic nitrogens is 1. The fourth-order valence-electron chi connectivity index (χ4n) is 3.73. The zero-order chi connectivity index (χ0) is 19.7. The van der Waals surface area contributed by atoms with Crippen LogP contribution in [0.25, 0.3) is 0 Å². The first kappa shape index (κ1) is 19.1. The zero-order valence-corrected chi connectivity index (χ0v) is 17.2. The van der Waals surface area contributed by atoms with E-state index < -0.39 is 0 Å². The van der Waals surface area contributed by atoms with Gasteiger partial charge < -0.3 is 5.32 Å². The summed E-state index contributed by atoms with van der Waals surface area (Å²) in [5, 5.41) is 3.59. The zero-order valence-electron chi connectivity index (χ0n) is 16.4. The fourth-order valence-corrected chi connectivity index (χ4v) is 4.74. The maximum Gasteiger partial charge on any atom is 0.263 e. The molecule has 0 bridgehead atoms. The van der Waals surface area contributed by atoms with E-state index in [9.17, 15) is 9.59 Å². The Hall–Kier alpha value is -2.25. The van der Waals surface area contributed by atoms with Crippen LogP contribution in [0.5, 0.6) is 0 Å². The van der Waals surface area contributed by atoms with Gasteiger partial charge in [0.25, 0.3) is 5.91 Å². The van der Waals surface area contributed by atoms with Crippen LogP contribution in [-0.2, 0) is 11.3 Å². The first-order chi connectivity index (χ1) is 13.5. The number of carbonyl (C=O) groups is 2. The molecule has 1 unspecified atom stereocenters. The number of piperidine rings is 1. The normalized spacial score (nSPS) is 19.9. The molecule has 1 saturated heterocycles. The van der Waals surface area contributed by atoms with E-state index in [4.69, 9.17) is 0 Å². The lowest BCUT2D eigenvalue weighted by Gasteiger charge is -2.35. The topological polar surface area (TPSA) is 65.5 Å². The molecule has 2 aliphatic rings. The van der Waals surface area contributed by atoms with Gasteiger partial charge in [-0.25, -0.2) is 4.98 Å². The third kappa shape index (κ3) is 3.95. The van der Waals surface area contributed by atoms with Crippen molar-refractivity contribution < 1.29 is 9.59 Å². The molecular weight excluding hydrogens is 372 g/mol. The summed E-state index contributed by atoms with van der Waals surface area (Å²) in [7, 11) is 2.05. The Kier molecular flexibility index (Phi) is 5.46. The van der Waals surface area contributed by atoms with Crippen molar-refractivity contribution in [1.29, 1.82) is 0 Å². The van der Waals surface area contributed by atoms with E-state index in [0.29, 0.717) is 34.8 Å². The summed E-state index contributed by atoms with van der Waals surface area (Å²) >= 11 is 1.31. The van der Waals surface area contributed by atoms with Gasteiger partial charge in [0.15, 0.2) is 5.13 Å². The number of anilines is 1. The Morgan fingerprint density at radius 1 is 1.29 bits per heavy atom. The van der Waals surface area contributed by atoms with E-state index in [-0.39, 0.29) is 17.9 Å². The number of rotatable bonds is 6. The van der Waals surface area contributed by atoms with E-state index in [1.807, 2.05) is 37.3 Å². The van der Waals surface area contributed by atoms with Crippen LogP contribution >= 0.6 is 11.3 Å². The number of amides is 2. The minimum absolute atomic E-state index is 0.0687. The first-order valence-electron chi connectivity index (χ1n) is 9.87. The summed E-state index contributed by atoms with van der Waals surface area (Å²) in [5.41, 5.74) is 1.73. The lowest BCUT2D eigenvalue weighted by atomic mass is 10.0. The van der Waals surface area contributed by atoms with Gasteiger partial charge in [0.1, 0.15) is 4.88 Å². The van der Waals surface area contributed by atoms with E-state index >= 15 is 0 Å². The van der Waals surface area contributed by atoms with Gasteiger partial charge in [-0.2, -0.15) is 0 Å². The van der Waals surface area contributed by atoms with Crippen LogP contribution in [0.15, 0.2) is 30.3 Å². The monoisotopic (exact) mass is 398 g/mol. The van der Waals surface area contributed by atoms with E-state index in [1.54, 1.807) is 4.90 Å². The molecule has 1 aliphatic carbocycles. The summed E-state index contributed by atoms with van der Waals surface area (Å²) in [4.78, 5) is 34.8. The molecule has 1 aromatic carbocycles. The summed E-state index contributed by atoms with van der Waals surface area (Å²) in [5.74, 6) is -0.0214. The standard InChI is InChI=1S/C21H26N4O2S/c1-14-18(19(26)22-13-15-7-4-3-5-8-15)28-21(23-14)25-12-6-9-17(20(25)27)24(2)16-10-11-16/h3-5,7-8,16-17H,6,9-13H2,1-2H3,(H,22,26). The number of carbonyl (C=O) groups excluding carboxylic acids is 2. The van der Waals surface area contributed by atoms with Crippen molar-refractivity contribution in [2.24, 2.45) is 0 Å². The lowest BCUT2D eigenvalue weighted by Crippen LogP contribution is -2.52. The molecule has 0 radical (unpaired) electrons. The minimum Gasteiger partial charge on any atom is -0.347 e. The molecule has 1 N–H and O–H groups in total. The van der Waals surface area contributed by atoms with Crippen LogP contribution in [-0.4, -0.2) is 47.4 Å². The molecule has 0 spiro atoms. The predicted octanol–water partition coefficient (Wildman–Crippen LogP) is 2.97. The molecule has 4 rings (SSSR count). The summed E-state index contributed by atoms with van der Waals surface area (Å²) in [6, 6.07) is 10.3. The van der Waals surface area contributed by atoms with E-state index in [1.165, 1.54) is 24.2 Å². The Labute approximate surface area is 169 Å². The molecule has 7 heteroatoms. The van der Waals surface area contributed by atoms with Crippen molar-refractivity contribution in [3.8, 4) is 0 Å². The summed E-state index contributed by atoms with van der Waals surface area (Å²) < 4.78 is 0. The van der Waals surface area contributed by atoms with Gasteiger partial charge in [0.05, 0.1) is 11.7 Å². The Bertz CT molecular complexity index is 863. The van der Waals surface area contributed by atoms with Crippen molar-refractivity contribution >= 4 is 28.3 Å². The van der Waals surface area contributed by atoms with Gasteiger partial charge in [-0.15, -0.1) is 0 Å². The van der Waals surface area contributed by atoms with Gasteiger partial charge >= 0.3 is 0 Å². The van der Waals surface area contributed by atoms with Crippen molar-refractivity contribution in [2.75, 3.05) is 18.5 Å². The molecule has 148 valence electrons. The van der Waals surface area contributed by atoms with Crippen molar-refractivity contribution in [1.82, 2.24) is 15.2 Å². The molecule has 1 atom stereocenters. The highest BCUT2D eigenvalue weighted by Gasteiger charge is 2.39. The smallest absolute Gasteiger partial charge is 0.263 e. The van der Waals surface area contributed by atoms with Crippen LogP contribution < -0.4 is 10.2 Å². The average molecular weight is 399 g/mol. The van der Waals surface area contributed by atoms with Gasteiger partial charge in [-0.3, -0.25) is 19.4 Å². The fraction of sp³-hybridized carbons (Fsp3) is 0.476. The minimum atomic E-state index is -0.138. The average Bonchev–Trinajstić information content (AvgIpc) is 3.49. The molecule has 1 saturated carbocycles. The SMILES string of the molecule is Cc1nc(N2CCCC(N(C)C3CC3)C2=O)sc1C(=O)NCc1ccccc1. The first-order valence-corrected chi connectivity index (χ1v) is 10.7. The number of nitrogens with zero attached hydrogens (tertiary/aromatic N) is 3. The Balaban J connectivity index is 1.45. The highest BCUT2D eigenvalue weighted by molar-refractivity contribution is 7.17. The van der Waals surface area contributed by atoms with Crippen LogP contribution in [0.4, 0.5) is 5.13 Å². The maximum atomic E-state index is 13.1. The maximum absolute atomic E-state index is 13.1. The van der Waals surface area contributed by atoms with Gasteiger partial charge in [-0.1, -0.05) is 41.7 Å². The number of likely N-dealkylation sites (N-methyl/N-ethyl adjacent to an activating group) is 1. The molecule has 1 aliphatic heterocycles. The highest BCUT2D eigenvalue weighted by atomic mass is 32.1. The number of hydrogen-bond acceptors (Lipinski definition) is 5. The van der Waals surface area contributed by atoms with E-state index in [2.05, 4.69) is 22.2 Å². The molecule has 2 amide bonds. The molecule has 28 heavy (non-hydrogen) atoms. The number of aryl methyl sites for hydroxylation is 1. The van der Waals surface area contributed by atoms with Gasteiger partial charge in [0, 0.05) is 19.1 Å². The lowest BCUT2D eigenvalue weighted by molar-refractivity contribution is -0.125. The van der Waals surface area contributed by atoms with Crippen molar-refractivity contribution in [2.45, 2.75) is 51.2 Å². The molecule has 6 nitrogen and oxygen atoms in total. The summed E-state index contributed by atoms with van der Waals surface area (Å²) in [6.07, 6.45) is 4.23. The largest absolute Gasteiger partial charge is 0.347 e. The number of thiazole rings is 1. The Morgan fingerprint density at radius 2 is 2.04 bits per heavy atom. The van der Waals surface area contributed by atoms with Crippen LogP contribution in [0, 0.1) is 6.92 Å². The molecule has 2 heterocycles. The van der Waals surface area contributed by atoms with Gasteiger partial charge in [-0.05, 0) is 45.2 Å². The van der Waals surface area contributed by atoms with Crippen LogP contribution in [0.2, 0.25) is 0 Å².